The molecular weight excluding hydrogens is 339 g/mol. The zero-order valence-electron chi connectivity index (χ0n) is 10.9. The summed E-state index contributed by atoms with van der Waals surface area (Å²) in [6.07, 6.45) is 5.72. The number of hydrogen-bond acceptors (Lipinski definition) is 2. The molecule has 0 fully saturated rings. The van der Waals surface area contributed by atoms with Crippen molar-refractivity contribution in [3.8, 4) is 0 Å². The van der Waals surface area contributed by atoms with Gasteiger partial charge >= 0.3 is 0 Å². The molecule has 1 heterocycles. The van der Waals surface area contributed by atoms with Gasteiger partial charge in [-0.1, -0.05) is 12.5 Å². The Kier molecular flexibility index (Phi) is 4.03. The number of halogens is 2. The van der Waals surface area contributed by atoms with Crippen LogP contribution in [-0.4, -0.2) is 5.78 Å². The van der Waals surface area contributed by atoms with Crippen LogP contribution in [0.5, 0.6) is 0 Å². The van der Waals surface area contributed by atoms with Crippen LogP contribution in [-0.2, 0) is 12.8 Å². The lowest BCUT2D eigenvalue weighted by Gasteiger charge is -2.02. The molecule has 0 saturated heterocycles. The highest BCUT2D eigenvalue weighted by Gasteiger charge is 2.20. The van der Waals surface area contributed by atoms with E-state index in [0.717, 1.165) is 12.8 Å². The second-order valence-corrected chi connectivity index (χ2v) is 7.04. The summed E-state index contributed by atoms with van der Waals surface area (Å²) < 4.78 is 14.4. The smallest absolute Gasteiger partial charge is 0.205 e. The quantitative estimate of drug-likeness (QED) is 0.539. The first-order valence-corrected chi connectivity index (χ1v) is 8.38. The van der Waals surface area contributed by atoms with Crippen LogP contribution in [0, 0.1) is 5.82 Å². The minimum Gasteiger partial charge on any atom is -0.288 e. The van der Waals surface area contributed by atoms with E-state index >= 15 is 0 Å². The maximum atomic E-state index is 14.0. The second kappa shape index (κ2) is 5.78. The predicted octanol–water partition coefficient (Wildman–Crippen LogP) is 5.15. The molecule has 1 aromatic carbocycles. The summed E-state index contributed by atoms with van der Waals surface area (Å²) in [4.78, 5) is 14.4. The van der Waals surface area contributed by atoms with Crippen molar-refractivity contribution in [3.05, 3.63) is 55.4 Å². The zero-order chi connectivity index (χ0) is 14.1. The van der Waals surface area contributed by atoms with Gasteiger partial charge in [-0.3, -0.25) is 4.79 Å². The largest absolute Gasteiger partial charge is 0.288 e. The van der Waals surface area contributed by atoms with E-state index in [1.165, 1.54) is 41.0 Å². The Balaban J connectivity index is 1.97. The van der Waals surface area contributed by atoms with Crippen molar-refractivity contribution in [1.82, 2.24) is 0 Å². The van der Waals surface area contributed by atoms with Crippen molar-refractivity contribution in [2.24, 2.45) is 0 Å². The normalized spacial score (nSPS) is 14.7. The summed E-state index contributed by atoms with van der Waals surface area (Å²) in [5.41, 5.74) is 1.43. The average molecular weight is 353 g/mol. The number of thiophene rings is 1. The molecular formula is C16H14BrFOS. The molecule has 1 nitrogen and oxygen atoms in total. The van der Waals surface area contributed by atoms with Crippen LogP contribution < -0.4 is 0 Å². The summed E-state index contributed by atoms with van der Waals surface area (Å²) in [5, 5.41) is 0. The van der Waals surface area contributed by atoms with E-state index in [2.05, 4.69) is 15.9 Å². The number of carbonyl (C=O) groups is 1. The first-order chi connectivity index (χ1) is 9.66. The molecule has 0 atom stereocenters. The summed E-state index contributed by atoms with van der Waals surface area (Å²) in [5.74, 6) is -0.678. The molecule has 0 N–H and O–H groups in total. The number of carbonyl (C=O) groups excluding carboxylic acids is 1. The first kappa shape index (κ1) is 14.0. The van der Waals surface area contributed by atoms with Gasteiger partial charge < -0.3 is 0 Å². The van der Waals surface area contributed by atoms with E-state index in [1.807, 2.05) is 6.07 Å². The molecule has 2 aromatic rings. The number of ketones is 1. The van der Waals surface area contributed by atoms with Gasteiger partial charge in [0.1, 0.15) is 5.82 Å². The van der Waals surface area contributed by atoms with Gasteiger partial charge in [0.05, 0.1) is 14.9 Å². The molecule has 104 valence electrons. The van der Waals surface area contributed by atoms with Gasteiger partial charge in [-0.05, 0) is 65.4 Å². The Morgan fingerprint density at radius 2 is 2.00 bits per heavy atom. The fourth-order valence-electron chi connectivity index (χ4n) is 2.59. The van der Waals surface area contributed by atoms with Gasteiger partial charge in [-0.2, -0.15) is 0 Å². The molecule has 0 radical (unpaired) electrons. The lowest BCUT2D eigenvalue weighted by molar-refractivity contribution is 0.103. The van der Waals surface area contributed by atoms with Gasteiger partial charge in [-0.25, -0.2) is 4.39 Å². The van der Waals surface area contributed by atoms with E-state index in [9.17, 15) is 9.18 Å². The van der Waals surface area contributed by atoms with Gasteiger partial charge in [0, 0.05) is 4.88 Å². The van der Waals surface area contributed by atoms with Crippen molar-refractivity contribution in [2.75, 3.05) is 0 Å². The standard InChI is InChI=1S/C16H14BrFOS/c17-12-7-4-6-11(15(12)18)16(19)14-9-10-5-2-1-3-8-13(10)20-14/h4,6-7,9H,1-3,5,8H2. The van der Waals surface area contributed by atoms with Gasteiger partial charge in [-0.15, -0.1) is 11.3 Å². The van der Waals surface area contributed by atoms with Crippen LogP contribution in [0.4, 0.5) is 4.39 Å². The lowest BCUT2D eigenvalue weighted by Crippen LogP contribution is -2.02. The third-order valence-electron chi connectivity index (χ3n) is 3.67. The van der Waals surface area contributed by atoms with Crippen molar-refractivity contribution >= 4 is 33.0 Å². The number of hydrogen-bond donors (Lipinski definition) is 0. The number of benzene rings is 1. The van der Waals surface area contributed by atoms with Crippen LogP contribution in [0.1, 0.15) is 44.9 Å². The Bertz CT molecular complexity index is 639. The second-order valence-electron chi connectivity index (χ2n) is 5.05. The van der Waals surface area contributed by atoms with Crippen molar-refractivity contribution in [1.29, 1.82) is 0 Å². The molecule has 20 heavy (non-hydrogen) atoms. The van der Waals surface area contributed by atoms with Crippen LogP contribution in [0.15, 0.2) is 28.7 Å². The number of aryl methyl sites for hydroxylation is 2. The topological polar surface area (TPSA) is 17.1 Å². The molecule has 1 aromatic heterocycles. The molecule has 4 heteroatoms. The first-order valence-electron chi connectivity index (χ1n) is 6.77. The third-order valence-corrected chi connectivity index (χ3v) is 5.51. The minimum atomic E-state index is -0.471. The van der Waals surface area contributed by atoms with Crippen LogP contribution in [0.25, 0.3) is 0 Å². The Morgan fingerprint density at radius 3 is 2.85 bits per heavy atom. The molecule has 1 aliphatic rings. The van der Waals surface area contributed by atoms with Crippen molar-refractivity contribution < 1.29 is 9.18 Å². The number of fused-ring (bicyclic) bond motifs is 1. The molecule has 3 rings (SSSR count). The predicted molar refractivity (Wildman–Crippen MR) is 83.1 cm³/mol. The maximum absolute atomic E-state index is 14.0. The molecule has 0 bridgehead atoms. The maximum Gasteiger partial charge on any atom is 0.205 e. The molecule has 0 amide bonds. The Labute approximate surface area is 130 Å². The van der Waals surface area contributed by atoms with Crippen LogP contribution in [0.3, 0.4) is 0 Å². The van der Waals surface area contributed by atoms with E-state index in [-0.39, 0.29) is 11.3 Å². The van der Waals surface area contributed by atoms with E-state index in [1.54, 1.807) is 18.2 Å². The number of rotatable bonds is 2. The summed E-state index contributed by atoms with van der Waals surface area (Å²) >= 11 is 4.67. The summed E-state index contributed by atoms with van der Waals surface area (Å²) in [6.45, 7) is 0. The lowest BCUT2D eigenvalue weighted by atomic mass is 10.1. The van der Waals surface area contributed by atoms with Crippen LogP contribution >= 0.6 is 27.3 Å². The molecule has 0 saturated carbocycles. The fourth-order valence-corrected chi connectivity index (χ4v) is 4.17. The monoisotopic (exact) mass is 352 g/mol. The van der Waals surface area contributed by atoms with Gasteiger partial charge in [0.15, 0.2) is 0 Å². The summed E-state index contributed by atoms with van der Waals surface area (Å²) in [6, 6.07) is 6.82. The van der Waals surface area contributed by atoms with E-state index in [4.69, 9.17) is 0 Å². The van der Waals surface area contributed by atoms with Gasteiger partial charge in [0.25, 0.3) is 0 Å². The Hall–Kier alpha value is -1.000. The van der Waals surface area contributed by atoms with Crippen LogP contribution in [0.2, 0.25) is 0 Å². The van der Waals surface area contributed by atoms with Crippen molar-refractivity contribution in [2.45, 2.75) is 32.1 Å². The highest BCUT2D eigenvalue weighted by atomic mass is 79.9. The van der Waals surface area contributed by atoms with Gasteiger partial charge in [0.2, 0.25) is 5.78 Å². The SMILES string of the molecule is O=C(c1cc2c(s1)CCCCC2)c1cccc(Br)c1F. The summed E-state index contributed by atoms with van der Waals surface area (Å²) in [7, 11) is 0. The third kappa shape index (κ3) is 2.59. The molecule has 0 spiro atoms. The average Bonchev–Trinajstić information content (AvgIpc) is 2.72. The van der Waals surface area contributed by atoms with Crippen molar-refractivity contribution in [3.63, 3.8) is 0 Å². The van der Waals surface area contributed by atoms with E-state index < -0.39 is 5.82 Å². The highest BCUT2D eigenvalue weighted by Crippen LogP contribution is 2.31. The minimum absolute atomic E-state index is 0.149. The molecule has 1 aliphatic carbocycles. The highest BCUT2D eigenvalue weighted by molar-refractivity contribution is 9.10. The Morgan fingerprint density at radius 1 is 1.20 bits per heavy atom. The molecule has 0 aliphatic heterocycles. The zero-order valence-corrected chi connectivity index (χ0v) is 13.3. The fraction of sp³-hybridized carbons (Fsp3) is 0.312. The molecule has 0 unspecified atom stereocenters. The van der Waals surface area contributed by atoms with E-state index in [0.29, 0.717) is 9.35 Å².